The molecule has 27 heavy (non-hydrogen) atoms. The Labute approximate surface area is 155 Å². The van der Waals surface area contributed by atoms with Crippen LogP contribution in [0.15, 0.2) is 12.1 Å². The molecule has 1 saturated carbocycles. The second-order valence-corrected chi connectivity index (χ2v) is 6.54. The number of carbonyl (C=O) groups excluding carboxylic acids is 2. The molecular weight excluding hydrogens is 358 g/mol. The van der Waals surface area contributed by atoms with Gasteiger partial charge in [0.1, 0.15) is 0 Å². The molecule has 0 aromatic heterocycles. The molecular formula is C17H21N3O7. The highest BCUT2D eigenvalue weighted by atomic mass is 16.6. The number of carbonyl (C=O) groups is 2. The SMILES string of the molecule is COC(=O)C1CCCCC1CNC(=O)c1cc([N+](=O)[O-])cc([N+](=O)[O-])c1C. The molecule has 1 amide bonds. The Kier molecular flexibility index (Phi) is 6.43. The molecule has 1 aromatic rings. The number of non-ortho nitro benzene ring substituents is 1. The van der Waals surface area contributed by atoms with Gasteiger partial charge in [-0.1, -0.05) is 12.8 Å². The zero-order valence-electron chi connectivity index (χ0n) is 15.1. The van der Waals surface area contributed by atoms with Crippen molar-refractivity contribution in [1.82, 2.24) is 5.32 Å². The summed E-state index contributed by atoms with van der Waals surface area (Å²) in [5, 5.41) is 24.8. The lowest BCUT2D eigenvalue weighted by molar-refractivity contribution is -0.394. The van der Waals surface area contributed by atoms with Crippen LogP contribution in [-0.4, -0.2) is 35.4 Å². The van der Waals surface area contributed by atoms with E-state index >= 15 is 0 Å². The van der Waals surface area contributed by atoms with Crippen LogP contribution in [0.1, 0.15) is 41.6 Å². The summed E-state index contributed by atoms with van der Waals surface area (Å²) in [6.07, 6.45) is 3.25. The van der Waals surface area contributed by atoms with Gasteiger partial charge in [0.25, 0.3) is 17.3 Å². The number of amides is 1. The van der Waals surface area contributed by atoms with E-state index < -0.39 is 27.1 Å². The largest absolute Gasteiger partial charge is 0.469 e. The quantitative estimate of drug-likeness (QED) is 0.454. The number of ether oxygens (including phenoxy) is 1. The maximum Gasteiger partial charge on any atom is 0.309 e. The second-order valence-electron chi connectivity index (χ2n) is 6.54. The van der Waals surface area contributed by atoms with Gasteiger partial charge in [-0.3, -0.25) is 29.8 Å². The van der Waals surface area contributed by atoms with E-state index in [-0.39, 0.29) is 35.5 Å². The number of nitrogens with one attached hydrogen (secondary N) is 1. The minimum absolute atomic E-state index is 0.0521. The van der Waals surface area contributed by atoms with Gasteiger partial charge >= 0.3 is 5.97 Å². The van der Waals surface area contributed by atoms with E-state index in [1.807, 2.05) is 0 Å². The van der Waals surface area contributed by atoms with E-state index in [2.05, 4.69) is 5.32 Å². The molecule has 0 bridgehead atoms. The lowest BCUT2D eigenvalue weighted by Gasteiger charge is -2.29. The molecule has 1 aliphatic carbocycles. The smallest absolute Gasteiger partial charge is 0.309 e. The molecule has 2 atom stereocenters. The Balaban J connectivity index is 2.21. The lowest BCUT2D eigenvalue weighted by atomic mass is 9.79. The summed E-state index contributed by atoms with van der Waals surface area (Å²) in [6, 6.07) is 1.86. The van der Waals surface area contributed by atoms with Gasteiger partial charge in [-0.15, -0.1) is 0 Å². The summed E-state index contributed by atoms with van der Waals surface area (Å²) < 4.78 is 4.81. The summed E-state index contributed by atoms with van der Waals surface area (Å²) in [6.45, 7) is 1.56. The summed E-state index contributed by atoms with van der Waals surface area (Å²) in [7, 11) is 1.32. The fourth-order valence-electron chi connectivity index (χ4n) is 3.45. The van der Waals surface area contributed by atoms with Crippen molar-refractivity contribution in [1.29, 1.82) is 0 Å². The third-order valence-electron chi connectivity index (χ3n) is 4.96. The van der Waals surface area contributed by atoms with Crippen molar-refractivity contribution < 1.29 is 24.2 Å². The van der Waals surface area contributed by atoms with Crippen molar-refractivity contribution in [2.75, 3.05) is 13.7 Å². The van der Waals surface area contributed by atoms with Gasteiger partial charge in [-0.25, -0.2) is 0 Å². The van der Waals surface area contributed by atoms with E-state index in [0.29, 0.717) is 6.42 Å². The number of nitro benzene ring substituents is 2. The molecule has 10 heteroatoms. The molecule has 10 nitrogen and oxygen atoms in total. The molecule has 0 heterocycles. The first kappa shape index (κ1) is 20.3. The van der Waals surface area contributed by atoms with Crippen molar-refractivity contribution in [3.8, 4) is 0 Å². The molecule has 0 aliphatic heterocycles. The second kappa shape index (κ2) is 8.56. The molecule has 0 radical (unpaired) electrons. The van der Waals surface area contributed by atoms with Crippen molar-refractivity contribution in [2.45, 2.75) is 32.6 Å². The van der Waals surface area contributed by atoms with Gasteiger partial charge in [0.2, 0.25) is 0 Å². The summed E-state index contributed by atoms with van der Waals surface area (Å²) in [5.74, 6) is -1.39. The number of rotatable bonds is 6. The molecule has 1 aliphatic rings. The Morgan fingerprint density at radius 1 is 1.19 bits per heavy atom. The van der Waals surface area contributed by atoms with Crippen LogP contribution >= 0.6 is 0 Å². The van der Waals surface area contributed by atoms with Crippen LogP contribution in [0.25, 0.3) is 0 Å². The van der Waals surface area contributed by atoms with Crippen molar-refractivity contribution >= 4 is 23.3 Å². The summed E-state index contributed by atoms with van der Waals surface area (Å²) >= 11 is 0. The highest BCUT2D eigenvalue weighted by Gasteiger charge is 2.32. The standard InChI is InChI=1S/C17H21N3O7/c1-10-14(7-12(19(23)24)8-15(10)20(25)26)16(21)18-9-11-5-3-4-6-13(11)17(22)27-2/h7-8,11,13H,3-6,9H2,1-2H3,(H,18,21). The molecule has 1 N–H and O–H groups in total. The topological polar surface area (TPSA) is 142 Å². The molecule has 146 valence electrons. The average Bonchev–Trinajstić information content (AvgIpc) is 2.65. The van der Waals surface area contributed by atoms with Gasteiger partial charge in [-0.2, -0.15) is 0 Å². The zero-order chi connectivity index (χ0) is 20.1. The van der Waals surface area contributed by atoms with E-state index in [9.17, 15) is 29.8 Å². The van der Waals surface area contributed by atoms with Gasteiger partial charge in [0.15, 0.2) is 0 Å². The maximum absolute atomic E-state index is 12.5. The summed E-state index contributed by atoms with van der Waals surface area (Å²) in [5.41, 5.74) is -1.08. The predicted molar refractivity (Wildman–Crippen MR) is 94.3 cm³/mol. The molecule has 0 spiro atoms. The molecule has 1 aromatic carbocycles. The number of nitrogens with zero attached hydrogens (tertiary/aromatic N) is 2. The van der Waals surface area contributed by atoms with E-state index in [0.717, 1.165) is 31.4 Å². The van der Waals surface area contributed by atoms with E-state index in [1.54, 1.807) is 0 Å². The molecule has 1 fully saturated rings. The highest BCUT2D eigenvalue weighted by Crippen LogP contribution is 2.31. The number of hydrogen-bond donors (Lipinski definition) is 1. The maximum atomic E-state index is 12.5. The third kappa shape index (κ3) is 4.57. The summed E-state index contributed by atoms with van der Waals surface area (Å²) in [4.78, 5) is 45.0. The van der Waals surface area contributed by atoms with E-state index in [1.165, 1.54) is 14.0 Å². The normalized spacial score (nSPS) is 19.2. The predicted octanol–water partition coefficient (Wildman–Crippen LogP) is 2.52. The van der Waals surface area contributed by atoms with Crippen molar-refractivity contribution in [3.05, 3.63) is 43.5 Å². The first-order chi connectivity index (χ1) is 12.8. The first-order valence-electron chi connectivity index (χ1n) is 8.55. The Morgan fingerprint density at radius 3 is 2.44 bits per heavy atom. The van der Waals surface area contributed by atoms with Crippen LogP contribution in [0.2, 0.25) is 0 Å². The Bertz CT molecular complexity index is 778. The van der Waals surface area contributed by atoms with Crippen LogP contribution in [0, 0.1) is 39.0 Å². The van der Waals surface area contributed by atoms with Crippen LogP contribution in [-0.2, 0) is 9.53 Å². The van der Waals surface area contributed by atoms with E-state index in [4.69, 9.17) is 4.74 Å². The lowest BCUT2D eigenvalue weighted by Crippen LogP contribution is -2.37. The number of methoxy groups -OCH3 is 1. The Morgan fingerprint density at radius 2 is 1.85 bits per heavy atom. The van der Waals surface area contributed by atoms with Gasteiger partial charge < -0.3 is 10.1 Å². The number of esters is 1. The first-order valence-corrected chi connectivity index (χ1v) is 8.55. The fraction of sp³-hybridized carbons (Fsp3) is 0.529. The van der Waals surface area contributed by atoms with Crippen LogP contribution in [0.4, 0.5) is 11.4 Å². The van der Waals surface area contributed by atoms with Gasteiger partial charge in [0, 0.05) is 18.2 Å². The average molecular weight is 379 g/mol. The Hall–Kier alpha value is -3.04. The molecule has 2 rings (SSSR count). The highest BCUT2D eigenvalue weighted by molar-refractivity contribution is 5.97. The minimum atomic E-state index is -0.780. The monoisotopic (exact) mass is 379 g/mol. The number of hydrogen-bond acceptors (Lipinski definition) is 7. The van der Waals surface area contributed by atoms with Crippen LogP contribution in [0.5, 0.6) is 0 Å². The third-order valence-corrected chi connectivity index (χ3v) is 4.96. The minimum Gasteiger partial charge on any atom is -0.469 e. The van der Waals surface area contributed by atoms with Crippen LogP contribution < -0.4 is 5.32 Å². The van der Waals surface area contributed by atoms with Gasteiger partial charge in [0.05, 0.1) is 34.5 Å². The van der Waals surface area contributed by atoms with Crippen molar-refractivity contribution in [3.63, 3.8) is 0 Å². The van der Waals surface area contributed by atoms with Crippen molar-refractivity contribution in [2.24, 2.45) is 11.8 Å². The fourth-order valence-corrected chi connectivity index (χ4v) is 3.45. The number of benzene rings is 1. The molecule has 2 unspecified atom stereocenters. The van der Waals surface area contributed by atoms with Crippen LogP contribution in [0.3, 0.4) is 0 Å². The molecule has 0 saturated heterocycles. The number of nitro groups is 2. The zero-order valence-corrected chi connectivity index (χ0v) is 15.1. The van der Waals surface area contributed by atoms with Gasteiger partial charge in [-0.05, 0) is 25.7 Å².